The number of rotatable bonds is 5. The number of aryl methyl sites for hydroxylation is 3. The van der Waals surface area contributed by atoms with Crippen LogP contribution in [0.1, 0.15) is 29.4 Å². The SMILES string of the molecule is CCc1nc(C)ccc1Oc1ccc(C)cc1CNC. The largest absolute Gasteiger partial charge is 0.455 e. The van der Waals surface area contributed by atoms with Crippen LogP contribution in [0.3, 0.4) is 0 Å². The quantitative estimate of drug-likeness (QED) is 0.898. The van der Waals surface area contributed by atoms with Gasteiger partial charge in [0, 0.05) is 17.8 Å². The van der Waals surface area contributed by atoms with Crippen molar-refractivity contribution in [3.8, 4) is 11.5 Å². The first-order valence-electron chi connectivity index (χ1n) is 7.02. The second kappa shape index (κ2) is 6.53. The molecular weight excluding hydrogens is 248 g/mol. The van der Waals surface area contributed by atoms with Crippen LogP contribution in [0.4, 0.5) is 0 Å². The lowest BCUT2D eigenvalue weighted by molar-refractivity contribution is 0.465. The molecule has 20 heavy (non-hydrogen) atoms. The van der Waals surface area contributed by atoms with E-state index in [1.54, 1.807) is 0 Å². The molecule has 0 fully saturated rings. The number of benzene rings is 1. The molecule has 2 aromatic rings. The minimum atomic E-state index is 0.789. The number of nitrogens with zero attached hydrogens (tertiary/aromatic N) is 1. The number of aromatic nitrogens is 1. The summed E-state index contributed by atoms with van der Waals surface area (Å²) in [4.78, 5) is 4.54. The highest BCUT2D eigenvalue weighted by atomic mass is 16.5. The summed E-state index contributed by atoms with van der Waals surface area (Å²) in [5.41, 5.74) is 4.42. The molecule has 0 radical (unpaired) electrons. The molecular formula is C17H22N2O. The van der Waals surface area contributed by atoms with Crippen LogP contribution in [0.5, 0.6) is 11.5 Å². The zero-order chi connectivity index (χ0) is 14.5. The summed E-state index contributed by atoms with van der Waals surface area (Å²) in [6, 6.07) is 10.2. The van der Waals surface area contributed by atoms with Crippen molar-refractivity contribution in [3.05, 3.63) is 52.8 Å². The van der Waals surface area contributed by atoms with E-state index < -0.39 is 0 Å². The summed E-state index contributed by atoms with van der Waals surface area (Å²) < 4.78 is 6.09. The van der Waals surface area contributed by atoms with Crippen molar-refractivity contribution >= 4 is 0 Å². The van der Waals surface area contributed by atoms with E-state index >= 15 is 0 Å². The fourth-order valence-electron chi connectivity index (χ4n) is 2.20. The summed E-state index contributed by atoms with van der Waals surface area (Å²) in [5.74, 6) is 1.74. The van der Waals surface area contributed by atoms with Crippen LogP contribution >= 0.6 is 0 Å². The van der Waals surface area contributed by atoms with E-state index in [0.29, 0.717) is 0 Å². The van der Waals surface area contributed by atoms with Gasteiger partial charge in [0.25, 0.3) is 0 Å². The molecule has 1 aromatic carbocycles. The molecule has 0 spiro atoms. The standard InChI is InChI=1S/C17H22N2O/c1-5-15-17(9-7-13(3)19-15)20-16-8-6-12(2)10-14(16)11-18-4/h6-10,18H,5,11H2,1-4H3. The maximum absolute atomic E-state index is 6.09. The lowest BCUT2D eigenvalue weighted by Gasteiger charge is -2.14. The number of nitrogens with one attached hydrogen (secondary N) is 1. The summed E-state index contributed by atoms with van der Waals surface area (Å²) >= 11 is 0. The Morgan fingerprint density at radius 3 is 2.55 bits per heavy atom. The van der Waals surface area contributed by atoms with Gasteiger partial charge in [-0.2, -0.15) is 0 Å². The average Bonchev–Trinajstić information content (AvgIpc) is 2.43. The first-order chi connectivity index (χ1) is 9.63. The lowest BCUT2D eigenvalue weighted by Crippen LogP contribution is -2.07. The molecule has 0 unspecified atom stereocenters. The van der Waals surface area contributed by atoms with Gasteiger partial charge >= 0.3 is 0 Å². The summed E-state index contributed by atoms with van der Waals surface area (Å²) in [6.07, 6.45) is 0.865. The Balaban J connectivity index is 2.34. The topological polar surface area (TPSA) is 34.1 Å². The Kier molecular flexibility index (Phi) is 4.74. The van der Waals surface area contributed by atoms with E-state index in [4.69, 9.17) is 4.74 Å². The third-order valence-electron chi connectivity index (χ3n) is 3.21. The Hall–Kier alpha value is -1.87. The molecule has 1 aromatic heterocycles. The van der Waals surface area contributed by atoms with Crippen molar-refractivity contribution in [3.63, 3.8) is 0 Å². The molecule has 2 rings (SSSR count). The molecule has 0 aliphatic rings. The van der Waals surface area contributed by atoms with Gasteiger partial charge in [-0.15, -0.1) is 0 Å². The molecule has 3 nitrogen and oxygen atoms in total. The average molecular weight is 270 g/mol. The summed E-state index contributed by atoms with van der Waals surface area (Å²) in [7, 11) is 1.94. The highest BCUT2D eigenvalue weighted by Crippen LogP contribution is 2.28. The predicted octanol–water partition coefficient (Wildman–Crippen LogP) is 3.77. The third-order valence-corrected chi connectivity index (χ3v) is 3.21. The van der Waals surface area contributed by atoms with Crippen LogP contribution in [-0.2, 0) is 13.0 Å². The normalized spacial score (nSPS) is 10.6. The van der Waals surface area contributed by atoms with E-state index in [2.05, 4.69) is 36.3 Å². The number of pyridine rings is 1. The number of ether oxygens (including phenoxy) is 1. The monoisotopic (exact) mass is 270 g/mol. The fourth-order valence-corrected chi connectivity index (χ4v) is 2.20. The van der Waals surface area contributed by atoms with Crippen molar-refractivity contribution in [2.75, 3.05) is 7.05 Å². The van der Waals surface area contributed by atoms with Gasteiger partial charge in [-0.25, -0.2) is 0 Å². The van der Waals surface area contributed by atoms with Gasteiger partial charge in [0.1, 0.15) is 11.5 Å². The van der Waals surface area contributed by atoms with Crippen molar-refractivity contribution in [2.45, 2.75) is 33.7 Å². The minimum Gasteiger partial charge on any atom is -0.455 e. The van der Waals surface area contributed by atoms with Crippen molar-refractivity contribution in [1.82, 2.24) is 10.3 Å². The van der Waals surface area contributed by atoms with Gasteiger partial charge in [0.05, 0.1) is 5.69 Å². The van der Waals surface area contributed by atoms with Crippen molar-refractivity contribution in [1.29, 1.82) is 0 Å². The summed E-state index contributed by atoms with van der Waals surface area (Å²) in [6.45, 7) is 6.98. The Labute approximate surface area is 121 Å². The lowest BCUT2D eigenvalue weighted by atomic mass is 10.1. The highest BCUT2D eigenvalue weighted by Gasteiger charge is 2.09. The molecule has 0 saturated heterocycles. The van der Waals surface area contributed by atoms with E-state index in [0.717, 1.165) is 41.4 Å². The molecule has 0 amide bonds. The van der Waals surface area contributed by atoms with Gasteiger partial charge in [0.2, 0.25) is 0 Å². The highest BCUT2D eigenvalue weighted by molar-refractivity contribution is 5.41. The van der Waals surface area contributed by atoms with Crippen LogP contribution in [0, 0.1) is 13.8 Å². The second-order valence-electron chi connectivity index (χ2n) is 4.99. The van der Waals surface area contributed by atoms with Crippen LogP contribution in [0.2, 0.25) is 0 Å². The minimum absolute atomic E-state index is 0.789. The van der Waals surface area contributed by atoms with Crippen LogP contribution in [0.25, 0.3) is 0 Å². The van der Waals surface area contributed by atoms with Gasteiger partial charge in [-0.3, -0.25) is 4.98 Å². The maximum atomic E-state index is 6.09. The van der Waals surface area contributed by atoms with E-state index in [-0.39, 0.29) is 0 Å². The number of hydrogen-bond acceptors (Lipinski definition) is 3. The van der Waals surface area contributed by atoms with Crippen LogP contribution in [-0.4, -0.2) is 12.0 Å². The maximum Gasteiger partial charge on any atom is 0.148 e. The molecule has 0 aliphatic heterocycles. The van der Waals surface area contributed by atoms with Gasteiger partial charge in [-0.1, -0.05) is 24.6 Å². The van der Waals surface area contributed by atoms with Gasteiger partial charge in [0.15, 0.2) is 0 Å². The van der Waals surface area contributed by atoms with E-state index in [9.17, 15) is 0 Å². The first-order valence-corrected chi connectivity index (χ1v) is 7.02. The fraction of sp³-hybridized carbons (Fsp3) is 0.353. The van der Waals surface area contributed by atoms with Gasteiger partial charge in [-0.05, 0) is 45.5 Å². The molecule has 0 atom stereocenters. The van der Waals surface area contributed by atoms with Gasteiger partial charge < -0.3 is 10.1 Å². The Morgan fingerprint density at radius 2 is 1.85 bits per heavy atom. The predicted molar refractivity (Wildman–Crippen MR) is 82.4 cm³/mol. The molecule has 0 saturated carbocycles. The molecule has 1 N–H and O–H groups in total. The Bertz CT molecular complexity index is 594. The van der Waals surface area contributed by atoms with Crippen LogP contribution in [0.15, 0.2) is 30.3 Å². The number of hydrogen-bond donors (Lipinski definition) is 1. The smallest absolute Gasteiger partial charge is 0.148 e. The molecule has 106 valence electrons. The molecule has 1 heterocycles. The zero-order valence-corrected chi connectivity index (χ0v) is 12.7. The van der Waals surface area contributed by atoms with E-state index in [1.165, 1.54) is 5.56 Å². The van der Waals surface area contributed by atoms with E-state index in [1.807, 2.05) is 32.2 Å². The molecule has 0 aliphatic carbocycles. The second-order valence-corrected chi connectivity index (χ2v) is 4.99. The zero-order valence-electron chi connectivity index (χ0n) is 12.7. The summed E-state index contributed by atoms with van der Waals surface area (Å²) in [5, 5.41) is 3.18. The Morgan fingerprint density at radius 1 is 1.10 bits per heavy atom. The third kappa shape index (κ3) is 3.36. The van der Waals surface area contributed by atoms with Crippen LogP contribution < -0.4 is 10.1 Å². The van der Waals surface area contributed by atoms with Crippen molar-refractivity contribution in [2.24, 2.45) is 0 Å². The molecule has 3 heteroatoms. The molecule has 0 bridgehead atoms. The first kappa shape index (κ1) is 14.5. The van der Waals surface area contributed by atoms with Crippen molar-refractivity contribution < 1.29 is 4.74 Å².